The van der Waals surface area contributed by atoms with Crippen LogP contribution in [0.25, 0.3) is 5.65 Å². The van der Waals surface area contributed by atoms with Crippen LogP contribution in [0.15, 0.2) is 42.6 Å². The number of hydrogen-bond donors (Lipinski definition) is 1. The average Bonchev–Trinajstić information content (AvgIpc) is 3.01. The summed E-state index contributed by atoms with van der Waals surface area (Å²) in [6, 6.07) is 9.77. The number of halogens is 4. The van der Waals surface area contributed by atoms with Gasteiger partial charge in [0.15, 0.2) is 5.65 Å². The van der Waals surface area contributed by atoms with E-state index < -0.39 is 17.6 Å². The number of amides is 1. The largest absolute Gasteiger partial charge is 0.417 e. The third kappa shape index (κ3) is 3.78. The molecule has 8 heteroatoms. The van der Waals surface area contributed by atoms with Crippen LogP contribution in [0.1, 0.15) is 47.2 Å². The second-order valence-corrected chi connectivity index (χ2v) is 6.54. The van der Waals surface area contributed by atoms with Crippen molar-refractivity contribution in [3.63, 3.8) is 0 Å². The fraction of sp³-hybridized carbons (Fsp3) is 0.263. The van der Waals surface area contributed by atoms with E-state index in [2.05, 4.69) is 10.3 Å². The number of imidazole rings is 1. The van der Waals surface area contributed by atoms with Gasteiger partial charge in [-0.25, -0.2) is 4.98 Å². The summed E-state index contributed by atoms with van der Waals surface area (Å²) in [5, 5.41) is 2.66. The van der Waals surface area contributed by atoms with E-state index in [1.165, 1.54) is 0 Å². The minimum absolute atomic E-state index is 0.0586. The number of aromatic nitrogens is 2. The molecule has 1 aromatic carbocycles. The predicted octanol–water partition coefficient (Wildman–Crippen LogP) is 5.06. The molecule has 0 aliphatic carbocycles. The van der Waals surface area contributed by atoms with E-state index in [1.807, 2.05) is 30.3 Å². The lowest BCUT2D eigenvalue weighted by molar-refractivity contribution is -0.137. The number of rotatable bonds is 4. The first kappa shape index (κ1) is 19.2. The lowest BCUT2D eigenvalue weighted by Crippen LogP contribution is -2.28. The highest BCUT2D eigenvalue weighted by atomic mass is 35.5. The van der Waals surface area contributed by atoms with E-state index in [0.717, 1.165) is 22.2 Å². The normalized spacial score (nSPS) is 13.0. The lowest BCUT2D eigenvalue weighted by Gasteiger charge is -2.15. The third-order valence-corrected chi connectivity index (χ3v) is 4.55. The molecule has 1 amide bonds. The lowest BCUT2D eigenvalue weighted by atomic mass is 10.1. The van der Waals surface area contributed by atoms with Crippen LogP contribution in [0, 0.1) is 0 Å². The molecule has 3 aromatic rings. The third-order valence-electron chi connectivity index (χ3n) is 4.27. The number of aryl methyl sites for hydroxylation is 1. The number of hydrogen-bond acceptors (Lipinski definition) is 2. The molecule has 4 nitrogen and oxygen atoms in total. The molecule has 3 rings (SSSR count). The SMILES string of the molecule is CCc1nc2c(Cl)cc(C(F)(F)F)cn2c1C(=O)NC(C)c1ccccc1. The summed E-state index contributed by atoms with van der Waals surface area (Å²) in [4.78, 5) is 17.1. The molecule has 27 heavy (non-hydrogen) atoms. The van der Waals surface area contributed by atoms with Crippen molar-refractivity contribution in [2.24, 2.45) is 0 Å². The first-order chi connectivity index (χ1) is 12.7. The summed E-state index contributed by atoms with van der Waals surface area (Å²) in [6.45, 7) is 3.58. The molecule has 2 aromatic heterocycles. The number of benzene rings is 1. The monoisotopic (exact) mass is 395 g/mol. The summed E-state index contributed by atoms with van der Waals surface area (Å²) in [7, 11) is 0. The van der Waals surface area contributed by atoms with Crippen molar-refractivity contribution in [1.29, 1.82) is 0 Å². The summed E-state index contributed by atoms with van der Waals surface area (Å²) in [5.41, 5.74) is 0.508. The Kier molecular flexibility index (Phi) is 5.15. The maximum atomic E-state index is 13.2. The molecular weight excluding hydrogens is 379 g/mol. The maximum Gasteiger partial charge on any atom is 0.417 e. The van der Waals surface area contributed by atoms with Gasteiger partial charge in [0, 0.05) is 6.20 Å². The van der Waals surface area contributed by atoms with Gasteiger partial charge in [0.1, 0.15) is 5.69 Å². The Morgan fingerprint density at radius 1 is 1.30 bits per heavy atom. The van der Waals surface area contributed by atoms with Gasteiger partial charge >= 0.3 is 6.18 Å². The second-order valence-electron chi connectivity index (χ2n) is 6.13. The number of fused-ring (bicyclic) bond motifs is 1. The highest BCUT2D eigenvalue weighted by Gasteiger charge is 2.33. The molecule has 0 fully saturated rings. The molecule has 142 valence electrons. The first-order valence-electron chi connectivity index (χ1n) is 8.35. The molecule has 1 unspecified atom stereocenters. The molecule has 2 heterocycles. The Hall–Kier alpha value is -2.54. The molecule has 0 saturated carbocycles. The number of alkyl halides is 3. The van der Waals surface area contributed by atoms with Gasteiger partial charge in [-0.1, -0.05) is 48.9 Å². The van der Waals surface area contributed by atoms with Crippen LogP contribution in [-0.2, 0) is 12.6 Å². The zero-order valence-electron chi connectivity index (χ0n) is 14.6. The molecule has 0 aliphatic heterocycles. The number of pyridine rings is 1. The molecule has 0 bridgehead atoms. The molecular formula is C19H17ClF3N3O. The van der Waals surface area contributed by atoms with Crippen LogP contribution in [0.2, 0.25) is 5.02 Å². The van der Waals surface area contributed by atoms with Crippen LogP contribution in [0.5, 0.6) is 0 Å². The number of nitrogens with one attached hydrogen (secondary N) is 1. The summed E-state index contributed by atoms with van der Waals surface area (Å²) in [6.07, 6.45) is -3.35. The topological polar surface area (TPSA) is 46.4 Å². The van der Waals surface area contributed by atoms with Crippen molar-refractivity contribution in [1.82, 2.24) is 14.7 Å². The zero-order valence-corrected chi connectivity index (χ0v) is 15.4. The van der Waals surface area contributed by atoms with Gasteiger partial charge in [-0.2, -0.15) is 13.2 Å². The molecule has 0 aliphatic rings. The van der Waals surface area contributed by atoms with Gasteiger partial charge in [-0.05, 0) is 25.0 Å². The predicted molar refractivity (Wildman–Crippen MR) is 96.9 cm³/mol. The molecule has 1 atom stereocenters. The molecule has 0 spiro atoms. The van der Waals surface area contributed by atoms with Crippen molar-refractivity contribution < 1.29 is 18.0 Å². The van der Waals surface area contributed by atoms with Crippen molar-refractivity contribution in [3.05, 3.63) is 70.1 Å². The molecule has 1 N–H and O–H groups in total. The van der Waals surface area contributed by atoms with E-state index in [0.29, 0.717) is 12.1 Å². The van der Waals surface area contributed by atoms with E-state index in [-0.39, 0.29) is 22.4 Å². The first-order valence-corrected chi connectivity index (χ1v) is 8.73. The van der Waals surface area contributed by atoms with Crippen molar-refractivity contribution >= 4 is 23.2 Å². The highest BCUT2D eigenvalue weighted by molar-refractivity contribution is 6.33. The number of carbonyl (C=O) groups is 1. The maximum absolute atomic E-state index is 13.2. The minimum Gasteiger partial charge on any atom is -0.344 e. The zero-order chi connectivity index (χ0) is 19.8. The quantitative estimate of drug-likeness (QED) is 0.671. The van der Waals surface area contributed by atoms with Crippen LogP contribution >= 0.6 is 11.6 Å². The summed E-state index contributed by atoms with van der Waals surface area (Å²) >= 11 is 6.00. The average molecular weight is 396 g/mol. The van der Waals surface area contributed by atoms with Crippen molar-refractivity contribution in [2.45, 2.75) is 32.5 Å². The smallest absolute Gasteiger partial charge is 0.344 e. The van der Waals surface area contributed by atoms with Crippen LogP contribution in [0.4, 0.5) is 13.2 Å². The fourth-order valence-corrected chi connectivity index (χ4v) is 3.13. The van der Waals surface area contributed by atoms with Crippen LogP contribution < -0.4 is 5.32 Å². The minimum atomic E-state index is -4.58. The van der Waals surface area contributed by atoms with Crippen molar-refractivity contribution in [2.75, 3.05) is 0 Å². The van der Waals surface area contributed by atoms with Crippen molar-refractivity contribution in [3.8, 4) is 0 Å². The molecule has 0 radical (unpaired) electrons. The summed E-state index contributed by atoms with van der Waals surface area (Å²) < 4.78 is 40.6. The van der Waals surface area contributed by atoms with Gasteiger partial charge in [-0.15, -0.1) is 0 Å². The molecule has 0 saturated heterocycles. The summed E-state index contributed by atoms with van der Waals surface area (Å²) in [5.74, 6) is -0.508. The number of nitrogens with zero attached hydrogens (tertiary/aromatic N) is 2. The van der Waals surface area contributed by atoms with Gasteiger partial charge in [0.2, 0.25) is 0 Å². The van der Waals surface area contributed by atoms with E-state index in [4.69, 9.17) is 11.6 Å². The Morgan fingerprint density at radius 3 is 2.56 bits per heavy atom. The van der Waals surface area contributed by atoms with Crippen LogP contribution in [-0.4, -0.2) is 15.3 Å². The Bertz CT molecular complexity index is 983. The van der Waals surface area contributed by atoms with E-state index in [1.54, 1.807) is 13.8 Å². The van der Waals surface area contributed by atoms with Gasteiger partial charge in [0.05, 0.1) is 22.3 Å². The fourth-order valence-electron chi connectivity index (χ4n) is 2.88. The number of carbonyl (C=O) groups excluding carboxylic acids is 1. The highest BCUT2D eigenvalue weighted by Crippen LogP contribution is 2.33. The van der Waals surface area contributed by atoms with E-state index in [9.17, 15) is 18.0 Å². The second kappa shape index (κ2) is 7.23. The van der Waals surface area contributed by atoms with Gasteiger partial charge < -0.3 is 5.32 Å². The Balaban J connectivity index is 2.06. The Labute approximate surface area is 159 Å². The van der Waals surface area contributed by atoms with Crippen LogP contribution in [0.3, 0.4) is 0 Å². The van der Waals surface area contributed by atoms with Gasteiger partial charge in [0.25, 0.3) is 5.91 Å². The van der Waals surface area contributed by atoms with Gasteiger partial charge in [-0.3, -0.25) is 9.20 Å². The Morgan fingerprint density at radius 2 is 1.96 bits per heavy atom. The van der Waals surface area contributed by atoms with E-state index >= 15 is 0 Å². The standard InChI is InChI=1S/C19H17ClF3N3O/c1-3-15-16(18(27)24-11(2)12-7-5-4-6-8-12)26-10-13(19(21,22)23)9-14(20)17(26)25-15/h4-11H,3H2,1-2H3,(H,24,27).